The molecule has 1 N–H and O–H groups in total. The van der Waals surface area contributed by atoms with E-state index in [4.69, 9.17) is 9.47 Å². The van der Waals surface area contributed by atoms with Crippen LogP contribution in [-0.4, -0.2) is 29.1 Å². The second-order valence-corrected chi connectivity index (χ2v) is 7.01. The fourth-order valence-corrected chi connectivity index (χ4v) is 3.06. The van der Waals surface area contributed by atoms with Crippen molar-refractivity contribution in [1.29, 1.82) is 0 Å². The highest BCUT2D eigenvalue weighted by Crippen LogP contribution is 2.25. The summed E-state index contributed by atoms with van der Waals surface area (Å²) >= 11 is 0. The zero-order valence-electron chi connectivity index (χ0n) is 15.0. The Labute approximate surface area is 152 Å². The van der Waals surface area contributed by atoms with Gasteiger partial charge in [-0.05, 0) is 44.9 Å². The van der Waals surface area contributed by atoms with Crippen LogP contribution < -0.4 is 10.1 Å². The van der Waals surface area contributed by atoms with E-state index in [1.54, 1.807) is 36.5 Å². The van der Waals surface area contributed by atoms with E-state index < -0.39 is 0 Å². The van der Waals surface area contributed by atoms with E-state index in [2.05, 4.69) is 10.3 Å². The molecule has 138 valence electrons. The number of halogens is 1. The smallest absolute Gasteiger partial charge is 0.256 e. The van der Waals surface area contributed by atoms with Gasteiger partial charge in [0.05, 0.1) is 5.60 Å². The molecule has 0 unspecified atom stereocenters. The molecule has 1 aromatic heterocycles. The molecule has 1 amide bonds. The number of rotatable bonds is 5. The van der Waals surface area contributed by atoms with Gasteiger partial charge in [0.2, 0.25) is 5.88 Å². The van der Waals surface area contributed by atoms with Crippen LogP contribution in [0.15, 0.2) is 42.6 Å². The Morgan fingerprint density at radius 2 is 2.15 bits per heavy atom. The van der Waals surface area contributed by atoms with Crippen molar-refractivity contribution in [2.45, 2.75) is 44.9 Å². The monoisotopic (exact) mass is 358 g/mol. The second kappa shape index (κ2) is 7.83. The van der Waals surface area contributed by atoms with Crippen molar-refractivity contribution in [3.05, 3.63) is 59.5 Å². The molecular formula is C20H23FN2O3. The van der Waals surface area contributed by atoms with Gasteiger partial charge in [-0.1, -0.05) is 18.2 Å². The van der Waals surface area contributed by atoms with E-state index >= 15 is 0 Å². The summed E-state index contributed by atoms with van der Waals surface area (Å²) < 4.78 is 25.0. The summed E-state index contributed by atoms with van der Waals surface area (Å²) in [5.74, 6) is -0.400. The van der Waals surface area contributed by atoms with Gasteiger partial charge in [-0.25, -0.2) is 9.37 Å². The molecule has 0 aliphatic carbocycles. The quantitative estimate of drug-likeness (QED) is 0.889. The number of carbonyl (C=O) groups excluding carboxylic acids is 1. The third kappa shape index (κ3) is 4.58. The molecule has 0 saturated carbocycles. The number of amides is 1. The van der Waals surface area contributed by atoms with Crippen LogP contribution in [0.25, 0.3) is 0 Å². The molecule has 1 aliphatic heterocycles. The van der Waals surface area contributed by atoms with Crippen LogP contribution in [0.3, 0.4) is 0 Å². The predicted octanol–water partition coefficient (Wildman–Crippen LogP) is 3.49. The molecule has 5 nitrogen and oxygen atoms in total. The number of hydrogen-bond acceptors (Lipinski definition) is 4. The van der Waals surface area contributed by atoms with Crippen LogP contribution >= 0.6 is 0 Å². The third-order valence-corrected chi connectivity index (χ3v) is 4.37. The third-order valence-electron chi connectivity index (χ3n) is 4.37. The normalized spacial score (nSPS) is 19.0. The molecule has 0 spiro atoms. The average Bonchev–Trinajstić information content (AvgIpc) is 2.60. The zero-order valence-corrected chi connectivity index (χ0v) is 15.0. The number of carbonyl (C=O) groups is 1. The molecule has 6 heteroatoms. The van der Waals surface area contributed by atoms with Crippen LogP contribution in [0.2, 0.25) is 0 Å². The van der Waals surface area contributed by atoms with Gasteiger partial charge in [-0.2, -0.15) is 0 Å². The SMILES string of the molecule is CC1(C)C[C@H](NC(=O)c2cccnc2OCc2ccccc2F)CCO1. The zero-order chi connectivity index (χ0) is 18.6. The van der Waals surface area contributed by atoms with Crippen molar-refractivity contribution in [2.75, 3.05) is 6.61 Å². The minimum absolute atomic E-state index is 0.00820. The highest BCUT2D eigenvalue weighted by Gasteiger charge is 2.30. The van der Waals surface area contributed by atoms with Gasteiger partial charge >= 0.3 is 0 Å². The Kier molecular flexibility index (Phi) is 5.52. The highest BCUT2D eigenvalue weighted by molar-refractivity contribution is 5.96. The van der Waals surface area contributed by atoms with Crippen molar-refractivity contribution in [3.8, 4) is 5.88 Å². The summed E-state index contributed by atoms with van der Waals surface area (Å²) in [5, 5.41) is 3.03. The van der Waals surface area contributed by atoms with Crippen LogP contribution in [0, 0.1) is 5.82 Å². The van der Waals surface area contributed by atoms with Crippen molar-refractivity contribution < 1.29 is 18.7 Å². The Morgan fingerprint density at radius 3 is 2.92 bits per heavy atom. The topological polar surface area (TPSA) is 60.5 Å². The standard InChI is InChI=1S/C20H23FN2O3/c1-20(2)12-15(9-11-26-20)23-18(24)16-7-5-10-22-19(16)25-13-14-6-3-4-8-17(14)21/h3-8,10,15H,9,11-13H2,1-2H3,(H,23,24)/t15-/m1/s1. The number of benzene rings is 1. The first kappa shape index (κ1) is 18.3. The van der Waals surface area contributed by atoms with Crippen LogP contribution in [0.4, 0.5) is 4.39 Å². The summed E-state index contributed by atoms with van der Waals surface area (Å²) in [4.78, 5) is 16.8. The Morgan fingerprint density at radius 1 is 1.35 bits per heavy atom. The summed E-state index contributed by atoms with van der Waals surface area (Å²) in [6.07, 6.45) is 3.05. The summed E-state index contributed by atoms with van der Waals surface area (Å²) in [6.45, 7) is 4.65. The fraction of sp³-hybridized carbons (Fsp3) is 0.400. The van der Waals surface area contributed by atoms with Crippen molar-refractivity contribution >= 4 is 5.91 Å². The van der Waals surface area contributed by atoms with Gasteiger partial charge < -0.3 is 14.8 Å². The van der Waals surface area contributed by atoms with Gasteiger partial charge in [0.25, 0.3) is 5.91 Å². The lowest BCUT2D eigenvalue weighted by atomic mass is 9.94. The maximum atomic E-state index is 13.7. The summed E-state index contributed by atoms with van der Waals surface area (Å²) in [7, 11) is 0. The lowest BCUT2D eigenvalue weighted by Crippen LogP contribution is -2.45. The molecule has 0 bridgehead atoms. The first-order valence-corrected chi connectivity index (χ1v) is 8.71. The number of aromatic nitrogens is 1. The number of hydrogen-bond donors (Lipinski definition) is 1. The lowest BCUT2D eigenvalue weighted by molar-refractivity contribution is -0.0615. The average molecular weight is 358 g/mol. The van der Waals surface area contributed by atoms with E-state index in [9.17, 15) is 9.18 Å². The largest absolute Gasteiger partial charge is 0.472 e. The van der Waals surface area contributed by atoms with E-state index in [1.165, 1.54) is 6.07 Å². The van der Waals surface area contributed by atoms with Gasteiger partial charge in [0, 0.05) is 24.4 Å². The molecular weight excluding hydrogens is 335 g/mol. The van der Waals surface area contributed by atoms with E-state index in [0.717, 1.165) is 12.8 Å². The number of ether oxygens (including phenoxy) is 2. The van der Waals surface area contributed by atoms with Crippen LogP contribution in [-0.2, 0) is 11.3 Å². The summed E-state index contributed by atoms with van der Waals surface area (Å²) in [5.41, 5.74) is 0.499. The summed E-state index contributed by atoms with van der Waals surface area (Å²) in [6, 6.07) is 9.74. The molecule has 0 radical (unpaired) electrons. The first-order chi connectivity index (χ1) is 12.4. The van der Waals surface area contributed by atoms with Gasteiger partial charge in [0.1, 0.15) is 18.0 Å². The van der Waals surface area contributed by atoms with Crippen LogP contribution in [0.1, 0.15) is 42.6 Å². The van der Waals surface area contributed by atoms with E-state index in [1.807, 2.05) is 13.8 Å². The predicted molar refractivity (Wildman–Crippen MR) is 95.5 cm³/mol. The maximum absolute atomic E-state index is 13.7. The van der Waals surface area contributed by atoms with Crippen molar-refractivity contribution in [2.24, 2.45) is 0 Å². The minimum atomic E-state index is -0.348. The molecule has 2 aromatic rings. The molecule has 1 atom stereocenters. The molecule has 26 heavy (non-hydrogen) atoms. The molecule has 1 aliphatic rings. The molecule has 3 rings (SSSR count). The van der Waals surface area contributed by atoms with E-state index in [-0.39, 0.29) is 35.9 Å². The maximum Gasteiger partial charge on any atom is 0.256 e. The fourth-order valence-electron chi connectivity index (χ4n) is 3.06. The molecule has 1 saturated heterocycles. The number of nitrogens with zero attached hydrogens (tertiary/aromatic N) is 1. The molecule has 1 fully saturated rings. The second-order valence-electron chi connectivity index (χ2n) is 7.01. The van der Waals surface area contributed by atoms with Crippen molar-refractivity contribution in [3.63, 3.8) is 0 Å². The minimum Gasteiger partial charge on any atom is -0.472 e. The molecule has 1 aromatic carbocycles. The Hall–Kier alpha value is -2.47. The number of nitrogens with one attached hydrogen (secondary N) is 1. The van der Waals surface area contributed by atoms with Gasteiger partial charge in [-0.15, -0.1) is 0 Å². The Balaban J connectivity index is 1.68. The van der Waals surface area contributed by atoms with Crippen molar-refractivity contribution in [1.82, 2.24) is 10.3 Å². The first-order valence-electron chi connectivity index (χ1n) is 8.71. The highest BCUT2D eigenvalue weighted by atomic mass is 19.1. The lowest BCUT2D eigenvalue weighted by Gasteiger charge is -2.35. The van der Waals surface area contributed by atoms with E-state index in [0.29, 0.717) is 17.7 Å². The van der Waals surface area contributed by atoms with Gasteiger partial charge in [0.15, 0.2) is 0 Å². The number of pyridine rings is 1. The Bertz CT molecular complexity index is 779. The van der Waals surface area contributed by atoms with Crippen LogP contribution in [0.5, 0.6) is 5.88 Å². The van der Waals surface area contributed by atoms with Gasteiger partial charge in [-0.3, -0.25) is 4.79 Å². The molecule has 2 heterocycles.